The number of hydrogen-bond acceptors (Lipinski definition) is 3. The quantitative estimate of drug-likeness (QED) is 0.849. The number of amides is 1. The summed E-state index contributed by atoms with van der Waals surface area (Å²) in [5.74, 6) is -0.704. The maximum Gasteiger partial charge on any atom is 0.238 e. The monoisotopic (exact) mass is 377 g/mol. The molecule has 1 aromatic rings. The van der Waals surface area contributed by atoms with Gasteiger partial charge in [0.1, 0.15) is 5.25 Å². The maximum atomic E-state index is 12.5. The fraction of sp³-hybridized carbons (Fsp3) is 0.562. The lowest BCUT2D eigenvalue weighted by Gasteiger charge is -2.24. The van der Waals surface area contributed by atoms with Gasteiger partial charge in [0, 0.05) is 16.1 Å². The second kappa shape index (κ2) is 7.86. The molecule has 0 bridgehead atoms. The van der Waals surface area contributed by atoms with Crippen molar-refractivity contribution in [3.05, 3.63) is 33.8 Å². The average Bonchev–Trinajstić information content (AvgIpc) is 2.50. The molecule has 1 saturated carbocycles. The Labute approximate surface area is 147 Å². The van der Waals surface area contributed by atoms with Crippen LogP contribution in [0.5, 0.6) is 0 Å². The van der Waals surface area contributed by atoms with E-state index in [-0.39, 0.29) is 11.8 Å². The molecular formula is C16H21Cl2NO3S. The number of sulfone groups is 1. The zero-order valence-corrected chi connectivity index (χ0v) is 15.3. The average molecular weight is 378 g/mol. The van der Waals surface area contributed by atoms with Gasteiger partial charge in [-0.25, -0.2) is 8.42 Å². The standard InChI is InChI=1S/C16H21Cl2NO3S/c1-11(16(20)19-14-5-3-2-4-6-14)23(21,22)10-12-7-8-13(17)9-15(12)18/h7-9,11,14H,2-6,10H2,1H3,(H,19,20). The Hall–Kier alpha value is -0.780. The lowest BCUT2D eigenvalue weighted by atomic mass is 9.95. The molecule has 1 atom stereocenters. The van der Waals surface area contributed by atoms with Crippen molar-refractivity contribution < 1.29 is 13.2 Å². The minimum Gasteiger partial charge on any atom is -0.352 e. The molecule has 128 valence electrons. The third kappa shape index (κ3) is 5.10. The van der Waals surface area contributed by atoms with Gasteiger partial charge in [-0.2, -0.15) is 0 Å². The van der Waals surface area contributed by atoms with Gasteiger partial charge in [-0.1, -0.05) is 48.5 Å². The first kappa shape index (κ1) is 18.6. The van der Waals surface area contributed by atoms with Crippen LogP contribution < -0.4 is 5.32 Å². The third-order valence-electron chi connectivity index (χ3n) is 4.23. The normalized spacial score (nSPS) is 17.7. The van der Waals surface area contributed by atoms with Gasteiger partial charge in [0.2, 0.25) is 5.91 Å². The molecule has 4 nitrogen and oxygen atoms in total. The maximum absolute atomic E-state index is 12.5. The van der Waals surface area contributed by atoms with E-state index in [4.69, 9.17) is 23.2 Å². The minimum atomic E-state index is -3.64. The van der Waals surface area contributed by atoms with Crippen LogP contribution in [0.1, 0.15) is 44.6 Å². The summed E-state index contributed by atoms with van der Waals surface area (Å²) in [5.41, 5.74) is 0.452. The highest BCUT2D eigenvalue weighted by Crippen LogP contribution is 2.24. The molecule has 1 aromatic carbocycles. The molecule has 7 heteroatoms. The predicted octanol–water partition coefficient (Wildman–Crippen LogP) is 3.75. The SMILES string of the molecule is CC(C(=O)NC1CCCCC1)S(=O)(=O)Cc1ccc(Cl)cc1Cl. The largest absolute Gasteiger partial charge is 0.352 e. The molecule has 0 saturated heterocycles. The van der Waals surface area contributed by atoms with E-state index in [1.165, 1.54) is 19.4 Å². The van der Waals surface area contributed by atoms with E-state index < -0.39 is 21.0 Å². The second-order valence-electron chi connectivity index (χ2n) is 6.03. The molecular weight excluding hydrogens is 357 g/mol. The van der Waals surface area contributed by atoms with Crippen molar-refractivity contribution in [2.45, 2.75) is 56.1 Å². The van der Waals surface area contributed by atoms with Crippen LogP contribution in [0.3, 0.4) is 0 Å². The summed E-state index contributed by atoms with van der Waals surface area (Å²) < 4.78 is 24.9. The van der Waals surface area contributed by atoms with Gasteiger partial charge in [-0.15, -0.1) is 0 Å². The molecule has 0 radical (unpaired) electrons. The number of rotatable bonds is 5. The van der Waals surface area contributed by atoms with E-state index in [9.17, 15) is 13.2 Å². The lowest BCUT2D eigenvalue weighted by Crippen LogP contribution is -2.44. The highest BCUT2D eigenvalue weighted by atomic mass is 35.5. The van der Waals surface area contributed by atoms with Crippen LogP contribution in [0.2, 0.25) is 10.0 Å². The van der Waals surface area contributed by atoms with Gasteiger partial charge in [-0.05, 0) is 37.5 Å². The molecule has 1 unspecified atom stereocenters. The van der Waals surface area contributed by atoms with Crippen LogP contribution in [-0.4, -0.2) is 25.6 Å². The van der Waals surface area contributed by atoms with Crippen LogP contribution in [0.15, 0.2) is 18.2 Å². The van der Waals surface area contributed by atoms with Crippen molar-refractivity contribution in [2.24, 2.45) is 0 Å². The Morgan fingerprint density at radius 2 is 1.91 bits per heavy atom. The van der Waals surface area contributed by atoms with E-state index >= 15 is 0 Å². The van der Waals surface area contributed by atoms with Crippen molar-refractivity contribution in [1.82, 2.24) is 5.32 Å². The van der Waals surface area contributed by atoms with Crippen LogP contribution in [0.25, 0.3) is 0 Å². The Bertz CT molecular complexity index is 670. The fourth-order valence-electron chi connectivity index (χ4n) is 2.71. The van der Waals surface area contributed by atoms with Gasteiger partial charge < -0.3 is 5.32 Å². The molecule has 1 aliphatic rings. The molecule has 1 aliphatic carbocycles. The van der Waals surface area contributed by atoms with Gasteiger partial charge in [0.05, 0.1) is 5.75 Å². The highest BCUT2D eigenvalue weighted by molar-refractivity contribution is 7.92. The van der Waals surface area contributed by atoms with Gasteiger partial charge in [0.25, 0.3) is 0 Å². The Kier molecular flexibility index (Phi) is 6.34. The number of benzene rings is 1. The number of carbonyl (C=O) groups excluding carboxylic acids is 1. The summed E-state index contributed by atoms with van der Waals surface area (Å²) in [6.07, 6.45) is 5.16. The van der Waals surface area contributed by atoms with Crippen LogP contribution in [-0.2, 0) is 20.4 Å². The predicted molar refractivity (Wildman–Crippen MR) is 93.6 cm³/mol. The van der Waals surface area contributed by atoms with Crippen molar-refractivity contribution in [1.29, 1.82) is 0 Å². The molecule has 0 aliphatic heterocycles. The minimum absolute atomic E-state index is 0.0908. The second-order valence-corrected chi connectivity index (χ2v) is 9.19. The van der Waals surface area contributed by atoms with Crippen LogP contribution >= 0.6 is 23.2 Å². The van der Waals surface area contributed by atoms with Crippen LogP contribution in [0.4, 0.5) is 0 Å². The molecule has 0 spiro atoms. The summed E-state index contributed by atoms with van der Waals surface area (Å²) in [5, 5.41) is 2.50. The summed E-state index contributed by atoms with van der Waals surface area (Å²) in [6.45, 7) is 1.43. The molecule has 0 aromatic heterocycles. The number of halogens is 2. The zero-order chi connectivity index (χ0) is 17.0. The topological polar surface area (TPSA) is 63.2 Å². The third-order valence-corrected chi connectivity index (χ3v) is 6.82. The number of nitrogens with one attached hydrogen (secondary N) is 1. The lowest BCUT2D eigenvalue weighted by molar-refractivity contribution is -0.121. The summed E-state index contributed by atoms with van der Waals surface area (Å²) in [6, 6.07) is 4.76. The molecule has 1 N–H and O–H groups in total. The smallest absolute Gasteiger partial charge is 0.238 e. The number of carbonyl (C=O) groups is 1. The first-order chi connectivity index (χ1) is 10.8. The van der Waals surface area contributed by atoms with E-state index in [2.05, 4.69) is 5.32 Å². The van der Waals surface area contributed by atoms with E-state index in [1.54, 1.807) is 12.1 Å². The Morgan fingerprint density at radius 3 is 2.52 bits per heavy atom. The first-order valence-electron chi connectivity index (χ1n) is 7.75. The Balaban J connectivity index is 2.03. The summed E-state index contributed by atoms with van der Waals surface area (Å²) in [7, 11) is -3.64. The van der Waals surface area contributed by atoms with Crippen molar-refractivity contribution >= 4 is 38.9 Å². The van der Waals surface area contributed by atoms with Gasteiger partial charge in [-0.3, -0.25) is 4.79 Å². The van der Waals surface area contributed by atoms with Crippen molar-refractivity contribution in [2.75, 3.05) is 0 Å². The zero-order valence-electron chi connectivity index (χ0n) is 13.0. The van der Waals surface area contributed by atoms with Gasteiger partial charge >= 0.3 is 0 Å². The van der Waals surface area contributed by atoms with Crippen LogP contribution in [0, 0.1) is 0 Å². The molecule has 2 rings (SSSR count). The highest BCUT2D eigenvalue weighted by Gasteiger charge is 2.30. The Morgan fingerprint density at radius 1 is 1.26 bits per heavy atom. The summed E-state index contributed by atoms with van der Waals surface area (Å²) >= 11 is 11.8. The van der Waals surface area contributed by atoms with Gasteiger partial charge in [0.15, 0.2) is 9.84 Å². The number of hydrogen-bond donors (Lipinski definition) is 1. The van der Waals surface area contributed by atoms with E-state index in [0.717, 1.165) is 25.7 Å². The fourth-order valence-corrected chi connectivity index (χ4v) is 4.59. The molecule has 23 heavy (non-hydrogen) atoms. The molecule has 1 fully saturated rings. The molecule has 0 heterocycles. The first-order valence-corrected chi connectivity index (χ1v) is 10.2. The summed E-state index contributed by atoms with van der Waals surface area (Å²) in [4.78, 5) is 12.2. The molecule has 1 amide bonds. The van der Waals surface area contributed by atoms with E-state index in [1.807, 2.05) is 0 Å². The van der Waals surface area contributed by atoms with Crippen molar-refractivity contribution in [3.63, 3.8) is 0 Å². The van der Waals surface area contributed by atoms with Crippen molar-refractivity contribution in [3.8, 4) is 0 Å². The van der Waals surface area contributed by atoms with E-state index in [0.29, 0.717) is 15.6 Å².